The van der Waals surface area contributed by atoms with E-state index in [9.17, 15) is 4.79 Å². The summed E-state index contributed by atoms with van der Waals surface area (Å²) in [6.45, 7) is 0. The van der Waals surface area contributed by atoms with Gasteiger partial charge in [-0.3, -0.25) is 0 Å². The van der Waals surface area contributed by atoms with Crippen molar-refractivity contribution in [1.29, 1.82) is 0 Å². The predicted molar refractivity (Wildman–Crippen MR) is 74.1 cm³/mol. The molecule has 0 unspecified atom stereocenters. The maximum Gasteiger partial charge on any atom is -0.412 e. The fourth-order valence-electron chi connectivity index (χ4n) is 1.37. The van der Waals surface area contributed by atoms with Crippen LogP contribution in [0.4, 0.5) is 5.69 Å². The Bertz CT molecular complexity index is 483. The molecule has 7 heteroatoms. The van der Waals surface area contributed by atoms with Gasteiger partial charge in [0.15, 0.2) is 0 Å². The average Bonchev–Trinajstić information content (AvgIpc) is 2.81. The van der Waals surface area contributed by atoms with Gasteiger partial charge in [-0.2, -0.15) is 0 Å². The van der Waals surface area contributed by atoms with E-state index in [-0.39, 0.29) is 22.3 Å². The monoisotopic (exact) mass is 328 g/mol. The summed E-state index contributed by atoms with van der Waals surface area (Å²) < 4.78 is 6.24. The molecule has 0 atom stereocenters. The van der Waals surface area contributed by atoms with Crippen molar-refractivity contribution in [3.05, 3.63) is 48.4 Å². The number of nitrogens with zero attached hydrogens (tertiary/aromatic N) is 1. The molecule has 0 aliphatic heterocycles. The maximum atomic E-state index is 11.9. The predicted octanol–water partition coefficient (Wildman–Crippen LogP) is -1.12. The standard InChI is InChI=1S/C12H10GeNO2.3H2O/c1-14(10-6-4-9(13)5-7-10)12(15)11-3-2-8-16-11;;;/h2-8H,1H3;3*1H2. The van der Waals surface area contributed by atoms with E-state index in [0.29, 0.717) is 5.76 Å². The van der Waals surface area contributed by atoms with Gasteiger partial charge in [0.1, 0.15) is 0 Å². The van der Waals surface area contributed by atoms with Crippen LogP contribution in [-0.2, 0) is 0 Å². The van der Waals surface area contributed by atoms with Gasteiger partial charge < -0.3 is 16.4 Å². The first-order valence-corrected chi connectivity index (χ1v) is 5.86. The van der Waals surface area contributed by atoms with E-state index in [1.807, 2.05) is 40.8 Å². The first-order valence-electron chi connectivity index (χ1n) is 4.82. The summed E-state index contributed by atoms with van der Waals surface area (Å²) >= 11 is 2.01. The van der Waals surface area contributed by atoms with Crippen molar-refractivity contribution >= 4 is 32.5 Å². The Kier molecular flexibility index (Phi) is 8.81. The molecule has 2 aromatic rings. The van der Waals surface area contributed by atoms with Gasteiger partial charge in [0.05, 0.1) is 0 Å². The van der Waals surface area contributed by atoms with Crippen molar-refractivity contribution in [3.63, 3.8) is 0 Å². The summed E-state index contributed by atoms with van der Waals surface area (Å²) in [5.74, 6) is 0.205. The quantitative estimate of drug-likeness (QED) is 0.647. The molecule has 2 rings (SSSR count). The van der Waals surface area contributed by atoms with Crippen molar-refractivity contribution in [2.45, 2.75) is 0 Å². The van der Waals surface area contributed by atoms with Crippen LogP contribution in [0.2, 0.25) is 0 Å². The topological polar surface area (TPSA) is 128 Å². The zero-order valence-electron chi connectivity index (χ0n) is 10.3. The minimum atomic E-state index is -0.145. The molecule has 0 aliphatic carbocycles. The minimum absolute atomic E-state index is 0. The normalized spacial score (nSPS) is 8.53. The number of furan rings is 1. The Morgan fingerprint density at radius 3 is 2.16 bits per heavy atom. The molecule has 0 spiro atoms. The Morgan fingerprint density at radius 2 is 1.68 bits per heavy atom. The van der Waals surface area contributed by atoms with E-state index in [1.165, 1.54) is 10.7 Å². The summed E-state index contributed by atoms with van der Waals surface area (Å²) in [7, 11) is 1.73. The molecule has 0 fully saturated rings. The number of carbonyl (C=O) groups is 1. The van der Waals surface area contributed by atoms with Crippen LogP contribution in [-0.4, -0.2) is 45.9 Å². The molecule has 6 N–H and O–H groups in total. The van der Waals surface area contributed by atoms with E-state index < -0.39 is 0 Å². The fraction of sp³-hybridized carbons (Fsp3) is 0.0833. The zero-order valence-corrected chi connectivity index (χ0v) is 12.4. The summed E-state index contributed by atoms with van der Waals surface area (Å²) in [6, 6.07) is 11.1. The number of carbonyl (C=O) groups excluding carboxylic acids is 1. The number of hydrogen-bond acceptors (Lipinski definition) is 2. The third kappa shape index (κ3) is 4.53. The number of hydrogen-bond donors (Lipinski definition) is 0. The van der Waals surface area contributed by atoms with E-state index in [4.69, 9.17) is 4.42 Å². The van der Waals surface area contributed by atoms with E-state index >= 15 is 0 Å². The average molecular weight is 327 g/mol. The molecular weight excluding hydrogens is 311 g/mol. The van der Waals surface area contributed by atoms with Crippen molar-refractivity contribution in [2.24, 2.45) is 0 Å². The number of rotatable bonds is 2. The Balaban J connectivity index is 0. The third-order valence-electron chi connectivity index (χ3n) is 2.29. The van der Waals surface area contributed by atoms with Gasteiger partial charge in [-0.25, -0.2) is 0 Å². The second-order valence-corrected chi connectivity index (χ2v) is 4.60. The van der Waals surface area contributed by atoms with E-state index in [1.54, 1.807) is 24.1 Å². The van der Waals surface area contributed by atoms with Crippen molar-refractivity contribution in [3.8, 4) is 0 Å². The van der Waals surface area contributed by atoms with Crippen LogP contribution >= 0.6 is 0 Å². The molecule has 0 saturated heterocycles. The molecule has 1 aromatic carbocycles. The van der Waals surface area contributed by atoms with Gasteiger partial charge in [-0.05, 0) is 0 Å². The summed E-state index contributed by atoms with van der Waals surface area (Å²) in [5, 5.41) is 0. The molecule has 0 aliphatic rings. The summed E-state index contributed by atoms with van der Waals surface area (Å²) in [5.41, 5.74) is 0.854. The van der Waals surface area contributed by atoms with Gasteiger partial charge in [-0.1, -0.05) is 0 Å². The fourth-order valence-corrected chi connectivity index (χ4v) is 1.72. The van der Waals surface area contributed by atoms with Crippen LogP contribution in [0.5, 0.6) is 0 Å². The molecule has 103 valence electrons. The zero-order chi connectivity index (χ0) is 11.5. The molecule has 0 bridgehead atoms. The Hall–Kier alpha value is -1.61. The van der Waals surface area contributed by atoms with Gasteiger partial charge in [0.25, 0.3) is 0 Å². The first-order chi connectivity index (χ1) is 7.68. The van der Waals surface area contributed by atoms with Crippen LogP contribution in [0.25, 0.3) is 0 Å². The van der Waals surface area contributed by atoms with E-state index in [2.05, 4.69) is 0 Å². The molecule has 1 aromatic heterocycles. The van der Waals surface area contributed by atoms with E-state index in [0.717, 1.165) is 5.69 Å². The molecule has 6 nitrogen and oxygen atoms in total. The number of benzene rings is 1. The van der Waals surface area contributed by atoms with Crippen LogP contribution in [0.15, 0.2) is 47.1 Å². The summed E-state index contributed by atoms with van der Waals surface area (Å²) in [4.78, 5) is 13.5. The number of anilines is 1. The molecule has 1 amide bonds. The molecule has 19 heavy (non-hydrogen) atoms. The molecule has 0 saturated carbocycles. The minimum Gasteiger partial charge on any atom is -0.412 e. The molecule has 1 heterocycles. The second-order valence-electron chi connectivity index (χ2n) is 3.39. The van der Waals surface area contributed by atoms with Crippen LogP contribution in [0.3, 0.4) is 0 Å². The Labute approximate surface area is 119 Å². The molecule has 3 radical (unpaired) electrons. The third-order valence-corrected chi connectivity index (χ3v) is 2.99. The Morgan fingerprint density at radius 1 is 1.11 bits per heavy atom. The van der Waals surface area contributed by atoms with Crippen LogP contribution in [0.1, 0.15) is 10.6 Å². The second kappa shape index (κ2) is 8.49. The van der Waals surface area contributed by atoms with Gasteiger partial charge in [0, 0.05) is 0 Å². The largest absolute Gasteiger partial charge is 0.412 e. The summed E-state index contributed by atoms with van der Waals surface area (Å²) in [6.07, 6.45) is 1.50. The van der Waals surface area contributed by atoms with Crippen LogP contribution in [0, 0.1) is 0 Å². The maximum absolute atomic E-state index is 11.9. The smallest absolute Gasteiger partial charge is 0.412 e. The first kappa shape index (κ1) is 19.7. The SMILES string of the molecule is CN(C(=O)c1ccco1)c1cc[c]([Ge])cc1.O.O.O. The van der Waals surface area contributed by atoms with Gasteiger partial charge in [-0.15, -0.1) is 0 Å². The van der Waals surface area contributed by atoms with Gasteiger partial charge >= 0.3 is 102 Å². The number of amides is 1. The van der Waals surface area contributed by atoms with Gasteiger partial charge in [0.2, 0.25) is 0 Å². The van der Waals surface area contributed by atoms with Crippen molar-refractivity contribution in [2.75, 3.05) is 11.9 Å². The van der Waals surface area contributed by atoms with Crippen molar-refractivity contribution < 1.29 is 25.6 Å². The van der Waals surface area contributed by atoms with Crippen LogP contribution < -0.4 is 9.30 Å². The molecular formula is C12H16GeNO5. The van der Waals surface area contributed by atoms with Crippen molar-refractivity contribution in [1.82, 2.24) is 0 Å².